The van der Waals surface area contributed by atoms with E-state index in [1.54, 1.807) is 4.90 Å². The molecule has 0 saturated carbocycles. The molecule has 1 heterocycles. The summed E-state index contributed by atoms with van der Waals surface area (Å²) in [5, 5.41) is 0. The van der Waals surface area contributed by atoms with E-state index in [9.17, 15) is 13.2 Å². The Hall–Kier alpha value is -0.620. The van der Waals surface area contributed by atoms with E-state index >= 15 is 0 Å². The molecule has 1 fully saturated rings. The van der Waals surface area contributed by atoms with Crippen LogP contribution in [0.5, 0.6) is 0 Å². The predicted molar refractivity (Wildman–Crippen MR) is 76.4 cm³/mol. The second-order valence-electron chi connectivity index (χ2n) is 6.66. The number of rotatable bonds is 4. The standard InChI is InChI=1S/C13H26N2O3S/c1-13(2,3)10-5-7-15(9-10)12(16)11(14)6-8-19(4,17)18/h10-11H,5-9,14H2,1-4H3. The monoisotopic (exact) mass is 290 g/mol. The van der Waals surface area contributed by atoms with E-state index in [1.807, 2.05) is 0 Å². The molecule has 2 unspecified atom stereocenters. The van der Waals surface area contributed by atoms with Gasteiger partial charge in [0.25, 0.3) is 0 Å². The van der Waals surface area contributed by atoms with Crippen LogP contribution in [0.4, 0.5) is 0 Å². The molecule has 112 valence electrons. The van der Waals surface area contributed by atoms with Crippen molar-refractivity contribution in [1.82, 2.24) is 4.90 Å². The topological polar surface area (TPSA) is 80.5 Å². The summed E-state index contributed by atoms with van der Waals surface area (Å²) < 4.78 is 22.2. The van der Waals surface area contributed by atoms with Crippen LogP contribution in [0.25, 0.3) is 0 Å². The van der Waals surface area contributed by atoms with E-state index in [0.717, 1.165) is 25.8 Å². The van der Waals surface area contributed by atoms with Crippen LogP contribution in [0.15, 0.2) is 0 Å². The van der Waals surface area contributed by atoms with Gasteiger partial charge in [-0.15, -0.1) is 0 Å². The van der Waals surface area contributed by atoms with Gasteiger partial charge in [-0.25, -0.2) is 8.42 Å². The first-order valence-electron chi connectivity index (χ1n) is 6.73. The van der Waals surface area contributed by atoms with Crippen LogP contribution >= 0.6 is 0 Å². The minimum atomic E-state index is -3.06. The Balaban J connectivity index is 2.51. The zero-order valence-corrected chi connectivity index (χ0v) is 13.2. The van der Waals surface area contributed by atoms with Gasteiger partial charge in [0.2, 0.25) is 5.91 Å². The summed E-state index contributed by atoms with van der Waals surface area (Å²) in [7, 11) is -3.06. The van der Waals surface area contributed by atoms with Gasteiger partial charge < -0.3 is 10.6 Å². The molecule has 0 radical (unpaired) electrons. The lowest BCUT2D eigenvalue weighted by atomic mass is 9.80. The molecule has 2 N–H and O–H groups in total. The average Bonchev–Trinajstić information content (AvgIpc) is 2.72. The van der Waals surface area contributed by atoms with Crippen LogP contribution in [0.1, 0.15) is 33.6 Å². The van der Waals surface area contributed by atoms with E-state index in [1.165, 1.54) is 0 Å². The summed E-state index contributed by atoms with van der Waals surface area (Å²) in [5.41, 5.74) is 5.99. The fourth-order valence-corrected chi connectivity index (χ4v) is 3.05. The van der Waals surface area contributed by atoms with E-state index in [2.05, 4.69) is 20.8 Å². The molecule has 5 nitrogen and oxygen atoms in total. The number of amides is 1. The summed E-state index contributed by atoms with van der Waals surface area (Å²) in [5.74, 6) is 0.338. The van der Waals surface area contributed by atoms with Crippen LogP contribution in [-0.2, 0) is 14.6 Å². The van der Waals surface area contributed by atoms with Gasteiger partial charge in [-0.05, 0) is 24.2 Å². The minimum absolute atomic E-state index is 0.0313. The molecule has 1 saturated heterocycles. The molecule has 0 aromatic carbocycles. The molecule has 0 spiro atoms. The number of likely N-dealkylation sites (tertiary alicyclic amines) is 1. The molecule has 1 aliphatic heterocycles. The number of carbonyl (C=O) groups is 1. The van der Waals surface area contributed by atoms with E-state index in [4.69, 9.17) is 5.73 Å². The fourth-order valence-electron chi connectivity index (χ4n) is 2.37. The quantitative estimate of drug-likeness (QED) is 0.824. The van der Waals surface area contributed by atoms with Crippen LogP contribution in [0.2, 0.25) is 0 Å². The third-order valence-electron chi connectivity index (χ3n) is 3.84. The first-order valence-corrected chi connectivity index (χ1v) is 8.79. The lowest BCUT2D eigenvalue weighted by molar-refractivity contribution is -0.131. The number of nitrogens with two attached hydrogens (primary N) is 1. The normalized spacial score (nSPS) is 22.6. The number of sulfone groups is 1. The molecule has 19 heavy (non-hydrogen) atoms. The van der Waals surface area contributed by atoms with Gasteiger partial charge in [-0.2, -0.15) is 0 Å². The first kappa shape index (κ1) is 16.4. The highest BCUT2D eigenvalue weighted by atomic mass is 32.2. The van der Waals surface area contributed by atoms with Gasteiger partial charge in [0.05, 0.1) is 11.8 Å². The van der Waals surface area contributed by atoms with Crippen molar-refractivity contribution in [1.29, 1.82) is 0 Å². The van der Waals surface area contributed by atoms with Crippen molar-refractivity contribution in [3.8, 4) is 0 Å². The Labute approximate surface area is 116 Å². The molecule has 0 aliphatic carbocycles. The Kier molecular flexibility index (Phi) is 5.01. The van der Waals surface area contributed by atoms with Crippen molar-refractivity contribution in [2.45, 2.75) is 39.7 Å². The smallest absolute Gasteiger partial charge is 0.239 e. The van der Waals surface area contributed by atoms with E-state index < -0.39 is 15.9 Å². The van der Waals surface area contributed by atoms with Crippen molar-refractivity contribution in [2.75, 3.05) is 25.1 Å². The van der Waals surface area contributed by atoms with Gasteiger partial charge in [0, 0.05) is 19.3 Å². The molecule has 0 bridgehead atoms. The average molecular weight is 290 g/mol. The molecule has 0 aromatic heterocycles. The molecule has 6 heteroatoms. The van der Waals surface area contributed by atoms with Crippen molar-refractivity contribution < 1.29 is 13.2 Å². The molecular formula is C13H26N2O3S. The van der Waals surface area contributed by atoms with Gasteiger partial charge in [-0.3, -0.25) is 4.79 Å². The Morgan fingerprint density at radius 1 is 1.42 bits per heavy atom. The second-order valence-corrected chi connectivity index (χ2v) is 8.92. The van der Waals surface area contributed by atoms with Gasteiger partial charge in [0.1, 0.15) is 9.84 Å². The van der Waals surface area contributed by atoms with Crippen LogP contribution in [0, 0.1) is 11.3 Å². The number of carbonyl (C=O) groups excluding carboxylic acids is 1. The highest BCUT2D eigenvalue weighted by molar-refractivity contribution is 7.90. The van der Waals surface area contributed by atoms with E-state index in [-0.39, 0.29) is 23.5 Å². The van der Waals surface area contributed by atoms with Crippen LogP contribution in [-0.4, -0.2) is 50.4 Å². The summed E-state index contributed by atoms with van der Waals surface area (Å²) in [6, 6.07) is -0.701. The molecule has 1 aliphatic rings. The lowest BCUT2D eigenvalue weighted by Gasteiger charge is -2.27. The third-order valence-corrected chi connectivity index (χ3v) is 4.82. The lowest BCUT2D eigenvalue weighted by Crippen LogP contribution is -2.44. The Bertz CT molecular complexity index is 426. The summed E-state index contributed by atoms with van der Waals surface area (Å²) in [6.45, 7) is 7.99. The van der Waals surface area contributed by atoms with Crippen molar-refractivity contribution in [3.05, 3.63) is 0 Å². The van der Waals surface area contributed by atoms with Gasteiger partial charge in [0.15, 0.2) is 0 Å². The summed E-state index contributed by atoms with van der Waals surface area (Å²) in [6.07, 6.45) is 2.36. The number of nitrogens with zero attached hydrogens (tertiary/aromatic N) is 1. The fraction of sp³-hybridized carbons (Fsp3) is 0.923. The molecule has 1 rings (SSSR count). The highest BCUT2D eigenvalue weighted by Gasteiger charge is 2.35. The van der Waals surface area contributed by atoms with Crippen LogP contribution in [0.3, 0.4) is 0 Å². The zero-order valence-electron chi connectivity index (χ0n) is 12.3. The maximum Gasteiger partial charge on any atom is 0.239 e. The molecule has 2 atom stereocenters. The second kappa shape index (κ2) is 5.79. The molecular weight excluding hydrogens is 264 g/mol. The molecule has 0 aromatic rings. The van der Waals surface area contributed by atoms with Gasteiger partial charge >= 0.3 is 0 Å². The third kappa shape index (κ3) is 5.10. The first-order chi connectivity index (χ1) is 8.50. The predicted octanol–water partition coefficient (Wildman–Crippen LogP) is 0.643. The van der Waals surface area contributed by atoms with Crippen LogP contribution < -0.4 is 5.73 Å². The Morgan fingerprint density at radius 3 is 2.42 bits per heavy atom. The highest BCUT2D eigenvalue weighted by Crippen LogP contribution is 2.33. The van der Waals surface area contributed by atoms with Crippen molar-refractivity contribution in [2.24, 2.45) is 17.1 Å². The number of hydrogen-bond acceptors (Lipinski definition) is 4. The number of hydrogen-bond donors (Lipinski definition) is 1. The van der Waals surface area contributed by atoms with E-state index in [0.29, 0.717) is 5.92 Å². The van der Waals surface area contributed by atoms with Crippen molar-refractivity contribution >= 4 is 15.7 Å². The maximum absolute atomic E-state index is 12.1. The Morgan fingerprint density at radius 2 is 2.00 bits per heavy atom. The van der Waals surface area contributed by atoms with Crippen molar-refractivity contribution in [3.63, 3.8) is 0 Å². The zero-order chi connectivity index (χ0) is 14.8. The van der Waals surface area contributed by atoms with Gasteiger partial charge in [-0.1, -0.05) is 20.8 Å². The summed E-state index contributed by atoms with van der Waals surface area (Å²) in [4.78, 5) is 13.9. The molecule has 1 amide bonds. The maximum atomic E-state index is 12.1. The minimum Gasteiger partial charge on any atom is -0.341 e. The SMILES string of the molecule is CC(C)(C)C1CCN(C(=O)C(N)CCS(C)(=O)=O)C1. The largest absolute Gasteiger partial charge is 0.341 e. The summed E-state index contributed by atoms with van der Waals surface area (Å²) >= 11 is 0.